The minimum Gasteiger partial charge on any atom is -0.452 e. The molecule has 1 atom stereocenters. The van der Waals surface area contributed by atoms with Crippen LogP contribution in [0, 0.1) is 0 Å². The van der Waals surface area contributed by atoms with E-state index in [2.05, 4.69) is 5.32 Å². The number of benzene rings is 1. The van der Waals surface area contributed by atoms with Gasteiger partial charge in [0.1, 0.15) is 0 Å². The predicted molar refractivity (Wildman–Crippen MR) is 87.4 cm³/mol. The van der Waals surface area contributed by atoms with Crippen LogP contribution in [0.2, 0.25) is 5.02 Å². The molecule has 0 aromatic heterocycles. The average molecular weight is 362 g/mol. The van der Waals surface area contributed by atoms with E-state index in [4.69, 9.17) is 16.3 Å². The molecule has 1 N–H and O–H groups in total. The Morgan fingerprint density at radius 2 is 2.00 bits per heavy atom. The minimum atomic E-state index is -3.47. The number of carbonyl (C=O) groups is 2. The Morgan fingerprint density at radius 1 is 1.35 bits per heavy atom. The van der Waals surface area contributed by atoms with Gasteiger partial charge in [0.2, 0.25) is 0 Å². The van der Waals surface area contributed by atoms with Gasteiger partial charge in [-0.25, -0.2) is 13.2 Å². The maximum Gasteiger partial charge on any atom is 0.340 e. The van der Waals surface area contributed by atoms with Crippen molar-refractivity contribution in [1.82, 2.24) is 5.32 Å². The normalized spacial score (nSPS) is 12.5. The summed E-state index contributed by atoms with van der Waals surface area (Å²) in [5.41, 5.74) is -0.0935. The fourth-order valence-corrected chi connectivity index (χ4v) is 2.76. The maximum atomic E-state index is 12.0. The van der Waals surface area contributed by atoms with Crippen molar-refractivity contribution < 1.29 is 22.7 Å². The van der Waals surface area contributed by atoms with E-state index >= 15 is 0 Å². The number of hydrogen-bond donors (Lipinski definition) is 1. The molecule has 0 saturated carbocycles. The number of carbonyl (C=O) groups excluding carboxylic acids is 2. The third-order valence-corrected chi connectivity index (χ3v) is 4.49. The fourth-order valence-electron chi connectivity index (χ4n) is 1.92. The lowest BCUT2D eigenvalue weighted by atomic mass is 10.2. The van der Waals surface area contributed by atoms with E-state index in [1.54, 1.807) is 0 Å². The van der Waals surface area contributed by atoms with Crippen molar-refractivity contribution in [3.8, 4) is 0 Å². The molecule has 1 amide bonds. The molecule has 1 aromatic carbocycles. The van der Waals surface area contributed by atoms with Crippen LogP contribution in [0.25, 0.3) is 0 Å². The van der Waals surface area contributed by atoms with Crippen molar-refractivity contribution in [2.24, 2.45) is 0 Å². The quantitative estimate of drug-likeness (QED) is 0.752. The summed E-state index contributed by atoms with van der Waals surface area (Å²) in [7, 11) is -3.47. The van der Waals surface area contributed by atoms with E-state index in [9.17, 15) is 18.0 Å². The van der Waals surface area contributed by atoms with Crippen molar-refractivity contribution in [1.29, 1.82) is 0 Å². The molecule has 0 fully saturated rings. The highest BCUT2D eigenvalue weighted by Crippen LogP contribution is 2.21. The Balaban J connectivity index is 2.73. The maximum absolute atomic E-state index is 12.0. The molecule has 8 heteroatoms. The molecule has 6 nitrogen and oxygen atoms in total. The van der Waals surface area contributed by atoms with Crippen LogP contribution < -0.4 is 5.32 Å². The minimum absolute atomic E-state index is 0.0108. The zero-order valence-electron chi connectivity index (χ0n) is 13.3. The summed E-state index contributed by atoms with van der Waals surface area (Å²) in [6.07, 6.45) is 2.77. The molecule has 0 aliphatic rings. The van der Waals surface area contributed by atoms with E-state index in [0.29, 0.717) is 0 Å². The lowest BCUT2D eigenvalue weighted by Crippen LogP contribution is -2.35. The highest BCUT2D eigenvalue weighted by molar-refractivity contribution is 7.90. The van der Waals surface area contributed by atoms with E-state index in [1.165, 1.54) is 12.1 Å². The second-order valence-electron chi connectivity index (χ2n) is 5.25. The summed E-state index contributed by atoms with van der Waals surface area (Å²) < 4.78 is 27.9. The number of amides is 1. The largest absolute Gasteiger partial charge is 0.452 e. The number of esters is 1. The van der Waals surface area contributed by atoms with Gasteiger partial charge in [0.05, 0.1) is 15.5 Å². The first-order chi connectivity index (χ1) is 10.6. The SMILES string of the molecule is CCC[C@H](C)NC(=O)COC(=O)c1cc(S(C)(=O)=O)ccc1Cl. The Morgan fingerprint density at radius 3 is 2.57 bits per heavy atom. The van der Waals surface area contributed by atoms with Gasteiger partial charge in [-0.1, -0.05) is 24.9 Å². The molecule has 0 saturated heterocycles. The highest BCUT2D eigenvalue weighted by Gasteiger charge is 2.18. The molecule has 0 aliphatic carbocycles. The van der Waals surface area contributed by atoms with Crippen LogP contribution in [0.3, 0.4) is 0 Å². The second-order valence-corrected chi connectivity index (χ2v) is 7.67. The Hall–Kier alpha value is -1.60. The van der Waals surface area contributed by atoms with Crippen molar-refractivity contribution in [2.75, 3.05) is 12.9 Å². The standard InChI is InChI=1S/C15H20ClNO5S/c1-4-5-10(2)17-14(18)9-22-15(19)12-8-11(23(3,20)21)6-7-13(12)16/h6-8,10H,4-5,9H2,1-3H3,(H,17,18)/t10-/m0/s1. The smallest absolute Gasteiger partial charge is 0.340 e. The molecule has 1 aromatic rings. The molecular formula is C15H20ClNO5S. The summed E-state index contributed by atoms with van der Waals surface area (Å²) in [5.74, 6) is -1.27. The topological polar surface area (TPSA) is 89.5 Å². The van der Waals surface area contributed by atoms with Gasteiger partial charge >= 0.3 is 5.97 Å². The Labute approximate surface area is 141 Å². The van der Waals surface area contributed by atoms with Crippen molar-refractivity contribution in [3.05, 3.63) is 28.8 Å². The number of hydrogen-bond acceptors (Lipinski definition) is 5. The number of nitrogens with one attached hydrogen (secondary N) is 1. The first-order valence-corrected chi connectivity index (χ1v) is 9.38. The zero-order chi connectivity index (χ0) is 17.6. The Kier molecular flexibility index (Phi) is 7.02. The van der Waals surface area contributed by atoms with Crippen LogP contribution in [0.15, 0.2) is 23.1 Å². The first kappa shape index (κ1) is 19.4. The summed E-state index contributed by atoms with van der Waals surface area (Å²) in [4.78, 5) is 23.6. The van der Waals surface area contributed by atoms with Crippen molar-refractivity contribution in [3.63, 3.8) is 0 Å². The van der Waals surface area contributed by atoms with Gasteiger partial charge < -0.3 is 10.1 Å². The zero-order valence-corrected chi connectivity index (χ0v) is 14.8. The molecule has 0 heterocycles. The molecule has 128 valence electrons. The van der Waals surface area contributed by atoms with Gasteiger partial charge in [0, 0.05) is 12.3 Å². The summed E-state index contributed by atoms with van der Waals surface area (Å²) in [6, 6.07) is 3.73. The Bertz CT molecular complexity index is 687. The van der Waals surface area contributed by atoms with Gasteiger partial charge in [-0.05, 0) is 31.5 Å². The second kappa shape index (κ2) is 8.31. The molecule has 0 bridgehead atoms. The average Bonchev–Trinajstić information content (AvgIpc) is 2.44. The lowest BCUT2D eigenvalue weighted by Gasteiger charge is -2.13. The first-order valence-electron chi connectivity index (χ1n) is 7.11. The number of halogens is 1. The van der Waals surface area contributed by atoms with E-state index in [1.807, 2.05) is 13.8 Å². The number of rotatable bonds is 7. The number of ether oxygens (including phenoxy) is 1. The summed E-state index contributed by atoms with van der Waals surface area (Å²) in [5, 5.41) is 2.75. The molecule has 0 spiro atoms. The van der Waals surface area contributed by atoms with E-state index in [-0.39, 0.29) is 21.5 Å². The van der Waals surface area contributed by atoms with Crippen molar-refractivity contribution >= 4 is 33.3 Å². The molecule has 23 heavy (non-hydrogen) atoms. The van der Waals surface area contributed by atoms with Crippen LogP contribution in [-0.2, 0) is 19.4 Å². The molecule has 0 unspecified atom stereocenters. The molecule has 0 aliphatic heterocycles. The van der Waals surface area contributed by atoms with Crippen LogP contribution in [0.1, 0.15) is 37.0 Å². The third-order valence-electron chi connectivity index (χ3n) is 3.05. The van der Waals surface area contributed by atoms with Gasteiger partial charge in [0.25, 0.3) is 5.91 Å². The van der Waals surface area contributed by atoms with Crippen molar-refractivity contribution in [2.45, 2.75) is 37.6 Å². The van der Waals surface area contributed by atoms with Gasteiger partial charge in [-0.2, -0.15) is 0 Å². The van der Waals surface area contributed by atoms with Crippen LogP contribution in [0.4, 0.5) is 0 Å². The number of sulfone groups is 1. The van der Waals surface area contributed by atoms with Gasteiger partial charge in [-0.15, -0.1) is 0 Å². The summed E-state index contributed by atoms with van der Waals surface area (Å²) >= 11 is 5.89. The lowest BCUT2D eigenvalue weighted by molar-refractivity contribution is -0.124. The van der Waals surface area contributed by atoms with Gasteiger partial charge in [0.15, 0.2) is 16.4 Å². The van der Waals surface area contributed by atoms with Crippen LogP contribution in [0.5, 0.6) is 0 Å². The van der Waals surface area contributed by atoms with E-state index in [0.717, 1.165) is 25.2 Å². The summed E-state index contributed by atoms with van der Waals surface area (Å²) in [6.45, 7) is 3.40. The fraction of sp³-hybridized carbons (Fsp3) is 0.467. The van der Waals surface area contributed by atoms with Gasteiger partial charge in [-0.3, -0.25) is 4.79 Å². The molecular weight excluding hydrogens is 342 g/mol. The van der Waals surface area contributed by atoms with Crippen LogP contribution in [-0.4, -0.2) is 39.2 Å². The monoisotopic (exact) mass is 361 g/mol. The third kappa shape index (κ3) is 6.19. The highest BCUT2D eigenvalue weighted by atomic mass is 35.5. The van der Waals surface area contributed by atoms with E-state index < -0.39 is 28.3 Å². The molecule has 1 rings (SSSR count). The molecule has 0 radical (unpaired) electrons. The van der Waals surface area contributed by atoms with Crippen LogP contribution >= 0.6 is 11.6 Å². The predicted octanol–water partition coefficient (Wildman–Crippen LogP) is 2.21.